The second kappa shape index (κ2) is 8.57. The summed E-state index contributed by atoms with van der Waals surface area (Å²) in [5.74, 6) is -0.263. The highest BCUT2D eigenvalue weighted by atomic mass is 32.2. The number of benzene rings is 1. The zero-order valence-corrected chi connectivity index (χ0v) is 17.4. The zero-order valence-electron chi connectivity index (χ0n) is 15.8. The molecular formula is C19H20N4O3S2. The van der Waals surface area contributed by atoms with Gasteiger partial charge >= 0.3 is 0 Å². The van der Waals surface area contributed by atoms with Crippen molar-refractivity contribution in [2.24, 2.45) is 0 Å². The number of hydrogen-bond donors (Lipinski definition) is 1. The van der Waals surface area contributed by atoms with E-state index in [0.29, 0.717) is 33.2 Å². The highest BCUT2D eigenvalue weighted by Crippen LogP contribution is 2.21. The fraction of sp³-hybridized carbons (Fsp3) is 0.263. The minimum atomic E-state index is -0.234. The lowest BCUT2D eigenvalue weighted by Gasteiger charge is -2.12. The highest BCUT2D eigenvalue weighted by Gasteiger charge is 2.14. The van der Waals surface area contributed by atoms with Crippen LogP contribution in [-0.4, -0.2) is 46.1 Å². The molecule has 28 heavy (non-hydrogen) atoms. The molecule has 0 aliphatic carbocycles. The van der Waals surface area contributed by atoms with Crippen LogP contribution < -0.4 is 10.9 Å². The number of thioether (sulfide) groups is 1. The Morgan fingerprint density at radius 2 is 2.07 bits per heavy atom. The number of hydrogen-bond acceptors (Lipinski definition) is 6. The molecule has 0 aliphatic rings. The predicted molar refractivity (Wildman–Crippen MR) is 113 cm³/mol. The van der Waals surface area contributed by atoms with Crippen LogP contribution in [0, 0.1) is 0 Å². The summed E-state index contributed by atoms with van der Waals surface area (Å²) in [6.45, 7) is 2.36. The van der Waals surface area contributed by atoms with Crippen molar-refractivity contribution in [2.45, 2.75) is 18.6 Å². The molecule has 0 radical (unpaired) electrons. The highest BCUT2D eigenvalue weighted by molar-refractivity contribution is 7.99. The van der Waals surface area contributed by atoms with Crippen molar-refractivity contribution in [3.63, 3.8) is 0 Å². The molecule has 3 aromatic rings. The Morgan fingerprint density at radius 1 is 1.29 bits per heavy atom. The summed E-state index contributed by atoms with van der Waals surface area (Å²) in [4.78, 5) is 42.9. The smallest absolute Gasteiger partial charge is 0.272 e. The van der Waals surface area contributed by atoms with E-state index in [1.165, 1.54) is 28.0 Å². The lowest BCUT2D eigenvalue weighted by Crippen LogP contribution is -2.23. The van der Waals surface area contributed by atoms with E-state index < -0.39 is 0 Å². The number of nitrogens with one attached hydrogen (secondary N) is 1. The molecule has 0 atom stereocenters. The fourth-order valence-electron chi connectivity index (χ4n) is 2.63. The molecule has 0 spiro atoms. The molecule has 0 saturated carbocycles. The monoisotopic (exact) mass is 416 g/mol. The standard InChI is InChI=1S/C19H20N4O3S2/c1-4-23-18(26)16-14(8-9-27-16)21-19(23)28-11-15(24)20-13-7-5-6-12(10-13)17(25)22(2)3/h5-10H,4,11H2,1-3H3,(H,20,24). The van der Waals surface area contributed by atoms with Gasteiger partial charge in [-0.2, -0.15) is 0 Å². The van der Waals surface area contributed by atoms with Gasteiger partial charge in [0.25, 0.3) is 11.5 Å². The van der Waals surface area contributed by atoms with Crippen LogP contribution in [0.1, 0.15) is 17.3 Å². The average molecular weight is 417 g/mol. The molecular weight excluding hydrogens is 396 g/mol. The summed E-state index contributed by atoms with van der Waals surface area (Å²) < 4.78 is 2.20. The van der Waals surface area contributed by atoms with E-state index in [2.05, 4.69) is 10.3 Å². The third kappa shape index (κ3) is 4.26. The number of anilines is 1. The summed E-state index contributed by atoms with van der Waals surface area (Å²) >= 11 is 2.58. The van der Waals surface area contributed by atoms with Gasteiger partial charge in [-0.25, -0.2) is 4.98 Å². The molecule has 0 saturated heterocycles. The number of carbonyl (C=O) groups is 2. The number of thiophene rings is 1. The molecule has 2 aromatic heterocycles. The Hall–Kier alpha value is -2.65. The van der Waals surface area contributed by atoms with Crippen molar-refractivity contribution in [2.75, 3.05) is 25.2 Å². The zero-order chi connectivity index (χ0) is 20.3. The van der Waals surface area contributed by atoms with Crippen LogP contribution in [-0.2, 0) is 11.3 Å². The molecule has 3 rings (SSSR count). The van der Waals surface area contributed by atoms with E-state index in [4.69, 9.17) is 0 Å². The van der Waals surface area contributed by atoms with Gasteiger partial charge < -0.3 is 10.2 Å². The van der Waals surface area contributed by atoms with Crippen molar-refractivity contribution >= 4 is 50.8 Å². The first-order valence-electron chi connectivity index (χ1n) is 8.63. The van der Waals surface area contributed by atoms with Crippen LogP contribution in [0.15, 0.2) is 45.7 Å². The van der Waals surface area contributed by atoms with E-state index in [0.717, 1.165) is 0 Å². The average Bonchev–Trinajstić information content (AvgIpc) is 3.15. The lowest BCUT2D eigenvalue weighted by molar-refractivity contribution is -0.113. The number of carbonyl (C=O) groups excluding carboxylic acids is 2. The van der Waals surface area contributed by atoms with Crippen LogP contribution in [0.4, 0.5) is 5.69 Å². The van der Waals surface area contributed by atoms with E-state index in [9.17, 15) is 14.4 Å². The first kappa shape index (κ1) is 20.1. The molecule has 0 bridgehead atoms. The lowest BCUT2D eigenvalue weighted by atomic mass is 10.2. The first-order valence-corrected chi connectivity index (χ1v) is 10.5. The van der Waals surface area contributed by atoms with E-state index in [-0.39, 0.29) is 23.1 Å². The van der Waals surface area contributed by atoms with Gasteiger partial charge in [0.1, 0.15) is 4.70 Å². The minimum absolute atomic E-state index is 0.0830. The summed E-state index contributed by atoms with van der Waals surface area (Å²) in [6.07, 6.45) is 0. The quantitative estimate of drug-likeness (QED) is 0.493. The van der Waals surface area contributed by atoms with Gasteiger partial charge in [0.2, 0.25) is 5.91 Å². The van der Waals surface area contributed by atoms with Crippen molar-refractivity contribution in [1.29, 1.82) is 0 Å². The second-order valence-corrected chi connectivity index (χ2v) is 8.05. The Morgan fingerprint density at radius 3 is 2.79 bits per heavy atom. The Labute approximate surface area is 170 Å². The Balaban J connectivity index is 1.71. The number of amides is 2. The molecule has 7 nitrogen and oxygen atoms in total. The summed E-state index contributed by atoms with van der Waals surface area (Å²) in [5, 5.41) is 5.14. The van der Waals surface area contributed by atoms with Crippen LogP contribution in [0.2, 0.25) is 0 Å². The van der Waals surface area contributed by atoms with Gasteiger partial charge in [-0.05, 0) is 36.6 Å². The molecule has 1 aromatic carbocycles. The SMILES string of the molecule is CCn1c(SCC(=O)Nc2cccc(C(=O)N(C)C)c2)nc2ccsc2c1=O. The van der Waals surface area contributed by atoms with Crippen LogP contribution in [0.25, 0.3) is 10.2 Å². The fourth-order valence-corrected chi connectivity index (χ4v) is 4.27. The molecule has 2 heterocycles. The normalized spacial score (nSPS) is 10.8. The van der Waals surface area contributed by atoms with Gasteiger partial charge in [0, 0.05) is 31.9 Å². The van der Waals surface area contributed by atoms with Gasteiger partial charge in [0.05, 0.1) is 11.3 Å². The van der Waals surface area contributed by atoms with Crippen LogP contribution in [0.5, 0.6) is 0 Å². The number of nitrogens with zero attached hydrogens (tertiary/aromatic N) is 3. The largest absolute Gasteiger partial charge is 0.345 e. The Kier molecular flexibility index (Phi) is 6.15. The van der Waals surface area contributed by atoms with Crippen molar-refractivity contribution < 1.29 is 9.59 Å². The maximum absolute atomic E-state index is 12.5. The summed E-state index contributed by atoms with van der Waals surface area (Å²) in [7, 11) is 3.35. The van der Waals surface area contributed by atoms with Gasteiger partial charge in [-0.1, -0.05) is 17.8 Å². The van der Waals surface area contributed by atoms with E-state index in [1.54, 1.807) is 49.0 Å². The molecule has 9 heteroatoms. The van der Waals surface area contributed by atoms with Gasteiger partial charge in [0.15, 0.2) is 5.16 Å². The minimum Gasteiger partial charge on any atom is -0.345 e. The maximum Gasteiger partial charge on any atom is 0.272 e. The molecule has 1 N–H and O–H groups in total. The maximum atomic E-state index is 12.5. The van der Waals surface area contributed by atoms with Crippen molar-refractivity contribution in [1.82, 2.24) is 14.5 Å². The van der Waals surface area contributed by atoms with Crippen LogP contribution in [0.3, 0.4) is 0 Å². The van der Waals surface area contributed by atoms with Crippen LogP contribution >= 0.6 is 23.1 Å². The first-order chi connectivity index (χ1) is 13.4. The Bertz CT molecular complexity index is 1090. The summed E-state index contributed by atoms with van der Waals surface area (Å²) in [5.41, 5.74) is 1.62. The summed E-state index contributed by atoms with van der Waals surface area (Å²) in [6, 6.07) is 8.60. The second-order valence-electron chi connectivity index (χ2n) is 6.20. The number of aromatic nitrogens is 2. The third-order valence-electron chi connectivity index (χ3n) is 3.98. The van der Waals surface area contributed by atoms with Gasteiger partial charge in [-0.3, -0.25) is 19.0 Å². The molecule has 2 amide bonds. The van der Waals surface area contributed by atoms with Gasteiger partial charge in [-0.15, -0.1) is 11.3 Å². The molecule has 0 fully saturated rings. The van der Waals surface area contributed by atoms with Crippen molar-refractivity contribution in [3.05, 3.63) is 51.6 Å². The number of rotatable bonds is 6. The number of fused-ring (bicyclic) bond motifs is 1. The molecule has 0 unspecified atom stereocenters. The third-order valence-corrected chi connectivity index (χ3v) is 5.85. The van der Waals surface area contributed by atoms with E-state index in [1.807, 2.05) is 12.3 Å². The topological polar surface area (TPSA) is 84.3 Å². The van der Waals surface area contributed by atoms with E-state index >= 15 is 0 Å². The predicted octanol–water partition coefficient (Wildman–Crippen LogP) is 2.91. The molecule has 146 valence electrons. The van der Waals surface area contributed by atoms with Crippen molar-refractivity contribution in [3.8, 4) is 0 Å². The molecule has 0 aliphatic heterocycles.